The summed E-state index contributed by atoms with van der Waals surface area (Å²) < 4.78 is 24.6. The van der Waals surface area contributed by atoms with Crippen LogP contribution in [0.15, 0.2) is 30.5 Å². The highest BCUT2D eigenvalue weighted by Gasteiger charge is 2.27. The molecule has 0 unspecified atom stereocenters. The van der Waals surface area contributed by atoms with Crippen LogP contribution >= 0.6 is 0 Å². The van der Waals surface area contributed by atoms with Gasteiger partial charge < -0.3 is 4.90 Å². The molecular formula is C21H30N4O3S. The van der Waals surface area contributed by atoms with Crippen molar-refractivity contribution in [2.75, 3.05) is 44.7 Å². The van der Waals surface area contributed by atoms with E-state index in [1.807, 2.05) is 40.8 Å². The maximum atomic E-state index is 13.2. The van der Waals surface area contributed by atoms with E-state index in [9.17, 15) is 13.2 Å². The van der Waals surface area contributed by atoms with Crippen molar-refractivity contribution in [1.82, 2.24) is 19.6 Å². The molecule has 1 aliphatic heterocycles. The summed E-state index contributed by atoms with van der Waals surface area (Å²) in [4.78, 5) is 17.2. The Hall–Kier alpha value is -2.19. The number of hydrogen-bond donors (Lipinski definition) is 0. The van der Waals surface area contributed by atoms with Gasteiger partial charge in [0.15, 0.2) is 0 Å². The standard InChI is InChI=1S/C21H30N4O3S/c1-16(2)20-19(15-22-25(20)18-7-5-17(3)6-8-18)21(26)24-11-9-23(10-12-24)13-14-29(4,27)28/h5-8,15-16H,9-14H2,1-4H3. The van der Waals surface area contributed by atoms with E-state index in [1.165, 1.54) is 11.8 Å². The molecule has 0 N–H and O–H groups in total. The zero-order valence-corrected chi connectivity index (χ0v) is 18.4. The Kier molecular flexibility index (Phi) is 6.43. The number of nitrogens with zero attached hydrogens (tertiary/aromatic N) is 4. The van der Waals surface area contributed by atoms with E-state index in [1.54, 1.807) is 6.20 Å². The predicted octanol–water partition coefficient (Wildman–Crippen LogP) is 2.11. The number of sulfone groups is 1. The van der Waals surface area contributed by atoms with Gasteiger partial charge in [0.25, 0.3) is 5.91 Å². The molecule has 0 spiro atoms. The summed E-state index contributed by atoms with van der Waals surface area (Å²) in [6.07, 6.45) is 2.93. The zero-order valence-electron chi connectivity index (χ0n) is 17.6. The topological polar surface area (TPSA) is 75.5 Å². The summed E-state index contributed by atoms with van der Waals surface area (Å²) in [7, 11) is -2.97. The summed E-state index contributed by atoms with van der Waals surface area (Å²) in [5, 5.41) is 4.52. The quantitative estimate of drug-likeness (QED) is 0.718. The van der Waals surface area contributed by atoms with Gasteiger partial charge in [0, 0.05) is 39.0 Å². The molecule has 0 bridgehead atoms. The molecule has 2 aromatic rings. The lowest BCUT2D eigenvalue weighted by molar-refractivity contribution is 0.0642. The highest BCUT2D eigenvalue weighted by atomic mass is 32.2. The van der Waals surface area contributed by atoms with E-state index in [0.717, 1.165) is 11.4 Å². The SMILES string of the molecule is Cc1ccc(-n2ncc(C(=O)N3CCN(CCS(C)(=O)=O)CC3)c2C(C)C)cc1. The number of aryl methyl sites for hydroxylation is 1. The lowest BCUT2D eigenvalue weighted by Gasteiger charge is -2.34. The zero-order chi connectivity index (χ0) is 21.2. The first-order valence-electron chi connectivity index (χ1n) is 10.00. The minimum absolute atomic E-state index is 0.00479. The Bertz CT molecular complexity index is 956. The third kappa shape index (κ3) is 5.25. The maximum Gasteiger partial charge on any atom is 0.257 e. The molecule has 1 aromatic carbocycles. The Morgan fingerprint density at radius 2 is 1.72 bits per heavy atom. The van der Waals surface area contributed by atoms with Crippen LogP contribution in [-0.4, -0.2) is 78.6 Å². The number of benzene rings is 1. The van der Waals surface area contributed by atoms with Gasteiger partial charge in [-0.3, -0.25) is 9.69 Å². The van der Waals surface area contributed by atoms with Crippen LogP contribution in [0.4, 0.5) is 0 Å². The summed E-state index contributed by atoms with van der Waals surface area (Å²) in [6, 6.07) is 8.11. The maximum absolute atomic E-state index is 13.2. The van der Waals surface area contributed by atoms with E-state index < -0.39 is 9.84 Å². The van der Waals surface area contributed by atoms with E-state index >= 15 is 0 Å². The number of piperazine rings is 1. The molecule has 1 saturated heterocycles. The van der Waals surface area contributed by atoms with Gasteiger partial charge >= 0.3 is 0 Å². The fraction of sp³-hybridized carbons (Fsp3) is 0.524. The van der Waals surface area contributed by atoms with Crippen LogP contribution in [0.5, 0.6) is 0 Å². The van der Waals surface area contributed by atoms with Gasteiger partial charge in [-0.2, -0.15) is 5.10 Å². The molecule has 8 heteroatoms. The highest BCUT2D eigenvalue weighted by molar-refractivity contribution is 7.90. The van der Waals surface area contributed by atoms with Gasteiger partial charge in [-0.05, 0) is 25.0 Å². The first kappa shape index (κ1) is 21.5. The molecule has 1 aromatic heterocycles. The number of aromatic nitrogens is 2. The molecule has 1 fully saturated rings. The van der Waals surface area contributed by atoms with Crippen LogP contribution in [0.2, 0.25) is 0 Å². The van der Waals surface area contributed by atoms with E-state index in [-0.39, 0.29) is 17.6 Å². The fourth-order valence-corrected chi connectivity index (χ4v) is 4.20. The van der Waals surface area contributed by atoms with Crippen LogP contribution in [0.3, 0.4) is 0 Å². The van der Waals surface area contributed by atoms with Gasteiger partial charge in [-0.1, -0.05) is 31.5 Å². The predicted molar refractivity (Wildman–Crippen MR) is 114 cm³/mol. The number of hydrogen-bond acceptors (Lipinski definition) is 5. The van der Waals surface area contributed by atoms with Gasteiger partial charge in [0.2, 0.25) is 0 Å². The normalized spacial score (nSPS) is 15.8. The minimum Gasteiger partial charge on any atom is -0.336 e. The molecule has 0 radical (unpaired) electrons. The Balaban J connectivity index is 1.74. The summed E-state index contributed by atoms with van der Waals surface area (Å²) in [5.74, 6) is 0.297. The van der Waals surface area contributed by atoms with Crippen LogP contribution in [0.1, 0.15) is 41.4 Å². The first-order valence-corrected chi connectivity index (χ1v) is 12.1. The Morgan fingerprint density at radius 1 is 1.10 bits per heavy atom. The minimum atomic E-state index is -2.97. The molecule has 3 rings (SSSR count). The highest BCUT2D eigenvalue weighted by Crippen LogP contribution is 2.25. The summed E-state index contributed by atoms with van der Waals surface area (Å²) in [6.45, 7) is 9.26. The van der Waals surface area contributed by atoms with Crippen molar-refractivity contribution >= 4 is 15.7 Å². The average Bonchev–Trinajstić information content (AvgIpc) is 3.11. The van der Waals surface area contributed by atoms with Gasteiger partial charge in [-0.25, -0.2) is 13.1 Å². The second-order valence-electron chi connectivity index (χ2n) is 8.11. The lowest BCUT2D eigenvalue weighted by Crippen LogP contribution is -2.49. The molecule has 0 aliphatic carbocycles. The van der Waals surface area contributed by atoms with Crippen molar-refractivity contribution in [2.24, 2.45) is 0 Å². The van der Waals surface area contributed by atoms with Crippen molar-refractivity contribution in [3.05, 3.63) is 47.3 Å². The Morgan fingerprint density at radius 3 is 2.28 bits per heavy atom. The average molecular weight is 419 g/mol. The summed E-state index contributed by atoms with van der Waals surface area (Å²) >= 11 is 0. The van der Waals surface area contributed by atoms with Crippen molar-refractivity contribution in [1.29, 1.82) is 0 Å². The second kappa shape index (κ2) is 8.67. The molecule has 7 nitrogen and oxygen atoms in total. The van der Waals surface area contributed by atoms with Crippen LogP contribution in [0.25, 0.3) is 5.69 Å². The molecule has 158 valence electrons. The van der Waals surface area contributed by atoms with Crippen molar-refractivity contribution < 1.29 is 13.2 Å². The van der Waals surface area contributed by atoms with E-state index in [2.05, 4.69) is 23.8 Å². The van der Waals surface area contributed by atoms with Crippen molar-refractivity contribution in [2.45, 2.75) is 26.7 Å². The summed E-state index contributed by atoms with van der Waals surface area (Å²) in [5.41, 5.74) is 3.68. The Labute approximate surface area is 173 Å². The van der Waals surface area contributed by atoms with Crippen LogP contribution in [-0.2, 0) is 9.84 Å². The molecule has 0 atom stereocenters. The van der Waals surface area contributed by atoms with E-state index in [0.29, 0.717) is 38.3 Å². The number of rotatable bonds is 6. The number of carbonyl (C=O) groups is 1. The van der Waals surface area contributed by atoms with Crippen molar-refractivity contribution in [3.8, 4) is 5.69 Å². The molecular weight excluding hydrogens is 388 g/mol. The number of amides is 1. The molecule has 1 amide bonds. The fourth-order valence-electron chi connectivity index (χ4n) is 3.61. The van der Waals surface area contributed by atoms with Gasteiger partial charge in [0.1, 0.15) is 9.84 Å². The molecule has 1 aliphatic rings. The molecule has 29 heavy (non-hydrogen) atoms. The molecule has 2 heterocycles. The van der Waals surface area contributed by atoms with Crippen LogP contribution in [0, 0.1) is 6.92 Å². The smallest absolute Gasteiger partial charge is 0.257 e. The van der Waals surface area contributed by atoms with Crippen molar-refractivity contribution in [3.63, 3.8) is 0 Å². The largest absolute Gasteiger partial charge is 0.336 e. The third-order valence-electron chi connectivity index (χ3n) is 5.30. The second-order valence-corrected chi connectivity index (χ2v) is 10.4. The van der Waals surface area contributed by atoms with E-state index in [4.69, 9.17) is 0 Å². The third-order valence-corrected chi connectivity index (χ3v) is 6.22. The lowest BCUT2D eigenvalue weighted by atomic mass is 10.0. The first-order chi connectivity index (χ1) is 13.7. The van der Waals surface area contributed by atoms with Gasteiger partial charge in [-0.15, -0.1) is 0 Å². The molecule has 0 saturated carbocycles. The number of carbonyl (C=O) groups excluding carboxylic acids is 1. The monoisotopic (exact) mass is 418 g/mol. The van der Waals surface area contributed by atoms with Gasteiger partial charge in [0.05, 0.1) is 28.9 Å². The van der Waals surface area contributed by atoms with Crippen LogP contribution < -0.4 is 0 Å².